The third-order valence-electron chi connectivity index (χ3n) is 2.73. The smallest absolute Gasteiger partial charge is 0.253 e. The second-order valence-corrected chi connectivity index (χ2v) is 4.04. The van der Waals surface area contributed by atoms with E-state index in [4.69, 9.17) is 15.9 Å². The van der Waals surface area contributed by atoms with Crippen molar-refractivity contribution in [3.05, 3.63) is 30.0 Å². The molecule has 96 valence electrons. The Morgan fingerprint density at radius 2 is 2.11 bits per heavy atom. The zero-order valence-corrected chi connectivity index (χ0v) is 9.68. The highest BCUT2D eigenvalue weighted by Crippen LogP contribution is 2.20. The maximum Gasteiger partial charge on any atom is 0.253 e. The number of amides is 1. The quantitative estimate of drug-likeness (QED) is 0.484. The van der Waals surface area contributed by atoms with Crippen molar-refractivity contribution in [1.29, 1.82) is 0 Å². The molecule has 1 heterocycles. The second kappa shape index (κ2) is 5.07. The van der Waals surface area contributed by atoms with Crippen LogP contribution in [0.4, 0.5) is 5.69 Å². The van der Waals surface area contributed by atoms with Crippen LogP contribution in [-0.4, -0.2) is 40.4 Å². The maximum atomic E-state index is 12.0. The van der Waals surface area contributed by atoms with Crippen molar-refractivity contribution in [1.82, 2.24) is 10.3 Å². The van der Waals surface area contributed by atoms with Gasteiger partial charge in [-0.05, 0) is 18.2 Å². The molecule has 0 fully saturated rings. The molecule has 18 heavy (non-hydrogen) atoms. The molecule has 0 saturated heterocycles. The summed E-state index contributed by atoms with van der Waals surface area (Å²) in [7, 11) is 0. The van der Waals surface area contributed by atoms with Crippen molar-refractivity contribution < 1.29 is 15.0 Å². The molecule has 1 aromatic carbocycles. The highest BCUT2D eigenvalue weighted by molar-refractivity contribution is 6.07. The number of nitrogen functional groups attached to an aromatic ring is 1. The van der Waals surface area contributed by atoms with Crippen LogP contribution in [0.15, 0.2) is 24.4 Å². The number of benzene rings is 1. The van der Waals surface area contributed by atoms with Crippen molar-refractivity contribution in [2.75, 3.05) is 18.9 Å². The van der Waals surface area contributed by atoms with Crippen molar-refractivity contribution in [2.45, 2.75) is 6.04 Å². The largest absolute Gasteiger partial charge is 0.399 e. The van der Waals surface area contributed by atoms with Crippen molar-refractivity contribution in [2.24, 2.45) is 0 Å². The molecule has 1 aromatic heterocycles. The Bertz CT molecular complexity index is 561. The van der Waals surface area contributed by atoms with Gasteiger partial charge in [-0.3, -0.25) is 4.79 Å². The van der Waals surface area contributed by atoms with E-state index >= 15 is 0 Å². The topological polar surface area (TPSA) is 111 Å². The second-order valence-electron chi connectivity index (χ2n) is 4.04. The summed E-state index contributed by atoms with van der Waals surface area (Å²) in [6, 6.07) is 4.57. The number of nitrogens with one attached hydrogen (secondary N) is 2. The normalized spacial score (nSPS) is 11.1. The first-order chi connectivity index (χ1) is 8.65. The van der Waals surface area contributed by atoms with Gasteiger partial charge >= 0.3 is 0 Å². The standard InChI is InChI=1S/C12H15N3O3/c13-7-1-2-11-9(3-7)10(4-14-11)12(18)15-8(5-16)6-17/h1-4,8,14,16-17H,5-6,13H2,(H,15,18). The molecule has 6 heteroatoms. The van der Waals surface area contributed by atoms with Gasteiger partial charge in [0.15, 0.2) is 0 Å². The van der Waals surface area contributed by atoms with Crippen LogP contribution in [-0.2, 0) is 0 Å². The number of carbonyl (C=O) groups is 1. The van der Waals surface area contributed by atoms with Crippen LogP contribution in [0, 0.1) is 0 Å². The summed E-state index contributed by atoms with van der Waals surface area (Å²) in [5, 5.41) is 21.1. The number of hydrogen-bond acceptors (Lipinski definition) is 4. The van der Waals surface area contributed by atoms with Gasteiger partial charge in [0.05, 0.1) is 24.8 Å². The zero-order valence-electron chi connectivity index (χ0n) is 9.68. The third kappa shape index (κ3) is 2.29. The summed E-state index contributed by atoms with van der Waals surface area (Å²) in [5.41, 5.74) is 7.49. The predicted molar refractivity (Wildman–Crippen MR) is 68.1 cm³/mol. The first kappa shape index (κ1) is 12.4. The molecule has 0 atom stereocenters. The van der Waals surface area contributed by atoms with Gasteiger partial charge in [-0.2, -0.15) is 0 Å². The van der Waals surface area contributed by atoms with Crippen molar-refractivity contribution >= 4 is 22.5 Å². The lowest BCUT2D eigenvalue weighted by molar-refractivity contribution is 0.0881. The van der Waals surface area contributed by atoms with Crippen LogP contribution in [0.3, 0.4) is 0 Å². The number of aromatic amines is 1. The number of fused-ring (bicyclic) bond motifs is 1. The summed E-state index contributed by atoms with van der Waals surface area (Å²) < 4.78 is 0. The van der Waals surface area contributed by atoms with Crippen LogP contribution in [0.25, 0.3) is 10.9 Å². The molecule has 0 spiro atoms. The molecular formula is C12H15N3O3. The maximum absolute atomic E-state index is 12.0. The van der Waals surface area contributed by atoms with Crippen LogP contribution >= 0.6 is 0 Å². The molecule has 2 rings (SSSR count). The Kier molecular flexibility index (Phi) is 3.50. The molecule has 0 aliphatic heterocycles. The molecule has 1 amide bonds. The molecule has 0 aliphatic carbocycles. The van der Waals surface area contributed by atoms with E-state index in [1.165, 1.54) is 0 Å². The number of hydrogen-bond donors (Lipinski definition) is 5. The number of H-pyrrole nitrogens is 1. The Morgan fingerprint density at radius 1 is 1.39 bits per heavy atom. The van der Waals surface area contributed by atoms with Crippen molar-refractivity contribution in [3.63, 3.8) is 0 Å². The minimum atomic E-state index is -0.663. The van der Waals surface area contributed by atoms with E-state index in [9.17, 15) is 4.79 Å². The lowest BCUT2D eigenvalue weighted by Gasteiger charge is -2.12. The fraction of sp³-hybridized carbons (Fsp3) is 0.250. The van der Waals surface area contributed by atoms with E-state index in [-0.39, 0.29) is 19.1 Å². The van der Waals surface area contributed by atoms with E-state index in [2.05, 4.69) is 10.3 Å². The monoisotopic (exact) mass is 249 g/mol. The number of carbonyl (C=O) groups excluding carboxylic acids is 1. The first-order valence-electron chi connectivity index (χ1n) is 5.55. The highest BCUT2D eigenvalue weighted by atomic mass is 16.3. The number of rotatable bonds is 4. The number of aromatic nitrogens is 1. The van der Waals surface area contributed by atoms with E-state index in [1.54, 1.807) is 24.4 Å². The van der Waals surface area contributed by atoms with Gasteiger partial charge in [0.2, 0.25) is 0 Å². The molecule has 6 nitrogen and oxygen atoms in total. The van der Waals surface area contributed by atoms with E-state index < -0.39 is 6.04 Å². The Morgan fingerprint density at radius 3 is 2.78 bits per heavy atom. The molecule has 0 saturated carbocycles. The number of aliphatic hydroxyl groups excluding tert-OH is 2. The van der Waals surface area contributed by atoms with E-state index in [1.807, 2.05) is 0 Å². The molecule has 0 bridgehead atoms. The van der Waals surface area contributed by atoms with Crippen LogP contribution in [0.5, 0.6) is 0 Å². The van der Waals surface area contributed by atoms with Gasteiger partial charge in [-0.25, -0.2) is 0 Å². The number of aliphatic hydroxyl groups is 2. The molecule has 2 aromatic rings. The average Bonchev–Trinajstić information content (AvgIpc) is 2.78. The van der Waals surface area contributed by atoms with Gasteiger partial charge < -0.3 is 26.2 Å². The summed E-state index contributed by atoms with van der Waals surface area (Å²) in [6.45, 7) is -0.626. The van der Waals surface area contributed by atoms with Crippen LogP contribution in [0.1, 0.15) is 10.4 Å². The number of nitrogens with two attached hydrogens (primary N) is 1. The van der Waals surface area contributed by atoms with Gasteiger partial charge in [-0.15, -0.1) is 0 Å². The van der Waals surface area contributed by atoms with Gasteiger partial charge in [0.25, 0.3) is 5.91 Å². The third-order valence-corrected chi connectivity index (χ3v) is 2.73. The lowest BCUT2D eigenvalue weighted by atomic mass is 10.1. The Labute approximate surface area is 103 Å². The summed E-state index contributed by atoms with van der Waals surface area (Å²) in [4.78, 5) is 14.9. The zero-order chi connectivity index (χ0) is 13.1. The van der Waals surface area contributed by atoms with Crippen LogP contribution in [0.2, 0.25) is 0 Å². The van der Waals surface area contributed by atoms with Crippen molar-refractivity contribution in [3.8, 4) is 0 Å². The summed E-state index contributed by atoms with van der Waals surface area (Å²) in [5.74, 6) is -0.361. The predicted octanol–water partition coefficient (Wildman–Crippen LogP) is -0.167. The average molecular weight is 249 g/mol. The molecular weight excluding hydrogens is 234 g/mol. The Hall–Kier alpha value is -2.05. The summed E-state index contributed by atoms with van der Waals surface area (Å²) >= 11 is 0. The highest BCUT2D eigenvalue weighted by Gasteiger charge is 2.15. The molecule has 0 radical (unpaired) electrons. The van der Waals surface area contributed by atoms with E-state index in [0.29, 0.717) is 16.6 Å². The van der Waals surface area contributed by atoms with Gasteiger partial charge in [0.1, 0.15) is 0 Å². The summed E-state index contributed by atoms with van der Waals surface area (Å²) in [6.07, 6.45) is 1.57. The SMILES string of the molecule is Nc1ccc2[nH]cc(C(=O)NC(CO)CO)c2c1. The number of anilines is 1. The molecule has 0 unspecified atom stereocenters. The molecule has 6 N–H and O–H groups in total. The van der Waals surface area contributed by atoms with Gasteiger partial charge in [-0.1, -0.05) is 0 Å². The minimum absolute atomic E-state index is 0.313. The minimum Gasteiger partial charge on any atom is -0.399 e. The lowest BCUT2D eigenvalue weighted by Crippen LogP contribution is -2.40. The fourth-order valence-corrected chi connectivity index (χ4v) is 1.74. The molecule has 0 aliphatic rings. The van der Waals surface area contributed by atoms with Gasteiger partial charge in [0, 0.05) is 22.8 Å². The Balaban J connectivity index is 2.30. The first-order valence-corrected chi connectivity index (χ1v) is 5.55. The fourth-order valence-electron chi connectivity index (χ4n) is 1.74. The van der Waals surface area contributed by atoms with E-state index in [0.717, 1.165) is 5.52 Å². The van der Waals surface area contributed by atoms with Crippen LogP contribution < -0.4 is 11.1 Å².